The predicted molar refractivity (Wildman–Crippen MR) is 102 cm³/mol. The molecule has 2 N–H and O–H groups in total. The van der Waals surface area contributed by atoms with Crippen molar-refractivity contribution in [2.75, 3.05) is 32.2 Å². The first-order valence-corrected chi connectivity index (χ1v) is 9.59. The molecule has 0 saturated carbocycles. The molecule has 2 saturated heterocycles. The van der Waals surface area contributed by atoms with Crippen LogP contribution < -0.4 is 10.6 Å². The minimum absolute atomic E-state index is 0.0238. The fourth-order valence-electron chi connectivity index (χ4n) is 3.43. The molecule has 2 aromatic rings. The molecular formula is C18H23N6O6. The Morgan fingerprint density at radius 1 is 1.33 bits per heavy atom. The summed E-state index contributed by atoms with van der Waals surface area (Å²) in [5.41, 5.74) is 1.09. The highest BCUT2D eigenvalue weighted by molar-refractivity contribution is 5.83. The topological polar surface area (TPSA) is 139 Å². The quantitative estimate of drug-likeness (QED) is 0.633. The van der Waals surface area contributed by atoms with Crippen molar-refractivity contribution in [1.82, 2.24) is 24.8 Å². The van der Waals surface area contributed by atoms with Crippen molar-refractivity contribution < 1.29 is 28.5 Å². The number of ether oxygens (including phenoxy) is 4. The molecule has 4 rings (SSSR count). The maximum atomic E-state index is 11.6. The number of aromatic nitrogens is 4. The number of anilines is 1. The lowest BCUT2D eigenvalue weighted by Crippen LogP contribution is -2.25. The highest BCUT2D eigenvalue weighted by Crippen LogP contribution is 2.33. The highest BCUT2D eigenvalue weighted by Gasteiger charge is 2.40. The van der Waals surface area contributed by atoms with Gasteiger partial charge >= 0.3 is 12.1 Å². The minimum Gasteiger partial charge on any atom is -0.457 e. The molecule has 12 heteroatoms. The molecule has 0 spiro atoms. The Balaban J connectivity index is 1.56. The van der Waals surface area contributed by atoms with Gasteiger partial charge in [-0.3, -0.25) is 9.36 Å². The lowest BCUT2D eigenvalue weighted by Gasteiger charge is -2.20. The number of fused-ring (bicyclic) bond motifs is 1. The Morgan fingerprint density at radius 3 is 2.93 bits per heavy atom. The molecule has 2 aliphatic heterocycles. The van der Waals surface area contributed by atoms with Crippen LogP contribution in [0.4, 0.5) is 10.6 Å². The Hall–Kier alpha value is -2.99. The van der Waals surface area contributed by atoms with Gasteiger partial charge in [0.1, 0.15) is 19.0 Å². The van der Waals surface area contributed by atoms with Gasteiger partial charge in [-0.1, -0.05) is 0 Å². The van der Waals surface area contributed by atoms with Crippen molar-refractivity contribution in [1.29, 1.82) is 0 Å². The fourth-order valence-corrected chi connectivity index (χ4v) is 3.43. The number of alkyl carbamates (subject to hydrolysis) is 1. The summed E-state index contributed by atoms with van der Waals surface area (Å²) >= 11 is 0. The van der Waals surface area contributed by atoms with Gasteiger partial charge in [-0.25, -0.2) is 19.7 Å². The molecule has 0 aliphatic carbocycles. The van der Waals surface area contributed by atoms with Crippen molar-refractivity contribution in [3.63, 3.8) is 0 Å². The molecule has 2 aliphatic rings. The van der Waals surface area contributed by atoms with Crippen molar-refractivity contribution in [2.24, 2.45) is 0 Å². The number of esters is 1. The number of amides is 1. The van der Waals surface area contributed by atoms with Gasteiger partial charge in [-0.15, -0.1) is 0 Å². The molecule has 1 amide bonds. The zero-order valence-corrected chi connectivity index (χ0v) is 16.6. The molecule has 12 nitrogen and oxygen atoms in total. The molecule has 2 fully saturated rings. The number of hydrogen-bond donors (Lipinski definition) is 2. The van der Waals surface area contributed by atoms with Gasteiger partial charge in [-0.2, -0.15) is 0 Å². The van der Waals surface area contributed by atoms with Gasteiger partial charge in [0.05, 0.1) is 19.0 Å². The molecule has 0 bridgehead atoms. The maximum Gasteiger partial charge on any atom is 0.406 e. The summed E-state index contributed by atoms with van der Waals surface area (Å²) in [6.07, 6.45) is 3.00. The number of hydrogen-bond acceptors (Lipinski definition) is 10. The second-order valence-electron chi connectivity index (χ2n) is 6.93. The summed E-state index contributed by atoms with van der Waals surface area (Å²) in [4.78, 5) is 36.0. The number of nitrogens with one attached hydrogen (secondary N) is 2. The molecular weight excluding hydrogens is 396 g/mol. The number of nitrogens with zero attached hydrogens (tertiary/aromatic N) is 4. The number of carbonyl (C=O) groups excluding carboxylic acids is 2. The zero-order valence-electron chi connectivity index (χ0n) is 16.6. The monoisotopic (exact) mass is 419 g/mol. The zero-order chi connectivity index (χ0) is 21.1. The third-order valence-corrected chi connectivity index (χ3v) is 4.79. The smallest absolute Gasteiger partial charge is 0.406 e. The molecule has 161 valence electrons. The van der Waals surface area contributed by atoms with Crippen LogP contribution in [0.2, 0.25) is 0 Å². The summed E-state index contributed by atoms with van der Waals surface area (Å²) < 4.78 is 23.5. The second-order valence-corrected chi connectivity index (χ2v) is 6.93. The van der Waals surface area contributed by atoms with Crippen LogP contribution in [0.5, 0.6) is 0 Å². The third kappa shape index (κ3) is 4.28. The maximum absolute atomic E-state index is 11.6. The summed E-state index contributed by atoms with van der Waals surface area (Å²) in [7, 11) is 1.46. The first kappa shape index (κ1) is 20.3. The van der Waals surface area contributed by atoms with E-state index in [0.29, 0.717) is 30.2 Å². The van der Waals surface area contributed by atoms with Crippen LogP contribution in [0.1, 0.15) is 19.6 Å². The predicted octanol–water partition coefficient (Wildman–Crippen LogP) is 0.416. The fraction of sp³-hybridized carbons (Fsp3) is 0.556. The first-order valence-electron chi connectivity index (χ1n) is 9.59. The Morgan fingerprint density at radius 2 is 2.20 bits per heavy atom. The van der Waals surface area contributed by atoms with Crippen LogP contribution in [0.3, 0.4) is 0 Å². The van der Waals surface area contributed by atoms with Crippen molar-refractivity contribution >= 4 is 29.0 Å². The average molecular weight is 419 g/mol. The molecule has 4 heterocycles. The largest absolute Gasteiger partial charge is 0.457 e. The van der Waals surface area contributed by atoms with Gasteiger partial charge in [0.15, 0.2) is 29.3 Å². The average Bonchev–Trinajstić information content (AvgIpc) is 3.46. The lowest BCUT2D eigenvalue weighted by molar-refractivity contribution is -0.151. The first-order chi connectivity index (χ1) is 14.5. The number of carbonyl (C=O) groups is 2. The minimum atomic E-state index is -0.713. The van der Waals surface area contributed by atoms with Crippen LogP contribution in [-0.2, 0) is 23.7 Å². The van der Waals surface area contributed by atoms with Crippen molar-refractivity contribution in [3.05, 3.63) is 19.1 Å². The van der Waals surface area contributed by atoms with E-state index >= 15 is 0 Å². The molecule has 0 aromatic carbocycles. The van der Waals surface area contributed by atoms with Crippen LogP contribution in [-0.4, -0.2) is 76.7 Å². The number of imidazole rings is 1. The standard InChI is InChI=1S/C18H23N6O6/c1-10(25)29-13-5-12(7-28-18(26)19-2)30-17(13)24-9-22-14-15(20-8-21-16(14)24)23-11-3-4-27-6-11/h5,8-9,11-13,17H,3-4,6-7H2,1-2H3,(H,19,26)(H,20,21,23)/t11-,12-,13-,17-/m1/s1. The van der Waals surface area contributed by atoms with Crippen LogP contribution >= 0.6 is 0 Å². The van der Waals surface area contributed by atoms with E-state index in [1.165, 1.54) is 20.3 Å². The summed E-state index contributed by atoms with van der Waals surface area (Å²) in [6.45, 7) is 2.60. The number of rotatable bonds is 6. The lowest BCUT2D eigenvalue weighted by atomic mass is 10.2. The summed E-state index contributed by atoms with van der Waals surface area (Å²) in [6, 6.07) is 0.157. The highest BCUT2D eigenvalue weighted by atomic mass is 16.6. The van der Waals surface area contributed by atoms with Gasteiger partial charge < -0.3 is 29.6 Å². The van der Waals surface area contributed by atoms with E-state index < -0.39 is 30.5 Å². The molecule has 0 unspecified atom stereocenters. The van der Waals surface area contributed by atoms with Gasteiger partial charge in [0.2, 0.25) is 0 Å². The van der Waals surface area contributed by atoms with Crippen LogP contribution in [0, 0.1) is 6.42 Å². The van der Waals surface area contributed by atoms with Crippen molar-refractivity contribution in [3.8, 4) is 0 Å². The molecule has 4 atom stereocenters. The second kappa shape index (κ2) is 8.79. The summed E-state index contributed by atoms with van der Waals surface area (Å²) in [5.74, 6) is 0.139. The van der Waals surface area contributed by atoms with E-state index in [9.17, 15) is 9.59 Å². The normalized spacial score (nSPS) is 25.9. The Labute approximate surface area is 172 Å². The van der Waals surface area contributed by atoms with Crippen molar-refractivity contribution in [2.45, 2.75) is 37.8 Å². The van der Waals surface area contributed by atoms with E-state index in [1.807, 2.05) is 0 Å². The molecule has 2 aromatic heterocycles. The van der Waals surface area contributed by atoms with Gasteiger partial charge in [0, 0.05) is 27.0 Å². The van der Waals surface area contributed by atoms with E-state index in [4.69, 9.17) is 18.9 Å². The molecule has 30 heavy (non-hydrogen) atoms. The van der Waals surface area contributed by atoms with E-state index in [1.54, 1.807) is 17.3 Å². The van der Waals surface area contributed by atoms with E-state index in [0.717, 1.165) is 6.42 Å². The Bertz CT molecular complexity index is 914. The third-order valence-electron chi connectivity index (χ3n) is 4.79. The van der Waals surface area contributed by atoms with Gasteiger partial charge in [0.25, 0.3) is 0 Å². The van der Waals surface area contributed by atoms with Crippen LogP contribution in [0.25, 0.3) is 11.2 Å². The SMILES string of the molecule is CNC(=O)OC[C@H]1[CH][C@@H](OC(C)=O)[C@H](n2cnc3c(N[C@@H]4CCOC4)ncnc32)O1. The van der Waals surface area contributed by atoms with Crippen LogP contribution in [0.15, 0.2) is 12.7 Å². The van der Waals surface area contributed by atoms with E-state index in [-0.39, 0.29) is 12.6 Å². The summed E-state index contributed by atoms with van der Waals surface area (Å²) in [5, 5.41) is 5.70. The molecule has 1 radical (unpaired) electrons. The van der Waals surface area contributed by atoms with E-state index in [2.05, 4.69) is 25.6 Å². The Kier molecular flexibility index (Phi) is 5.95. The van der Waals surface area contributed by atoms with Gasteiger partial charge in [-0.05, 0) is 6.42 Å².